The highest BCUT2D eigenvalue weighted by Gasteiger charge is 2.16. The van der Waals surface area contributed by atoms with Gasteiger partial charge in [0.1, 0.15) is 23.7 Å². The summed E-state index contributed by atoms with van der Waals surface area (Å²) in [6, 6.07) is 7.34. The number of hydrogen-bond acceptors (Lipinski definition) is 4. The lowest BCUT2D eigenvalue weighted by Crippen LogP contribution is -2.24. The molecular weight excluding hydrogens is 399 g/mol. The Morgan fingerprint density at radius 2 is 1.80 bits per heavy atom. The molecule has 0 spiro atoms. The topological polar surface area (TPSA) is 77.7 Å². The van der Waals surface area contributed by atoms with Gasteiger partial charge in [0.25, 0.3) is 0 Å². The van der Waals surface area contributed by atoms with E-state index in [4.69, 9.17) is 4.74 Å². The third-order valence-electron chi connectivity index (χ3n) is 4.56. The number of nitrogens with one attached hydrogen (secondary N) is 1. The molecule has 1 N–H and O–H groups in total. The first-order valence-electron chi connectivity index (χ1n) is 8.92. The van der Waals surface area contributed by atoms with E-state index in [1.165, 1.54) is 18.2 Å². The van der Waals surface area contributed by atoms with Crippen molar-refractivity contribution in [1.82, 2.24) is 24.5 Å². The second-order valence-corrected chi connectivity index (χ2v) is 6.63. The zero-order valence-electron chi connectivity index (χ0n) is 16.0. The molecule has 0 aliphatic rings. The normalized spacial score (nSPS) is 11.1. The van der Waals surface area contributed by atoms with Crippen molar-refractivity contribution in [1.29, 1.82) is 0 Å². The summed E-state index contributed by atoms with van der Waals surface area (Å²) >= 11 is 0. The molecule has 2 aromatic heterocycles. The van der Waals surface area contributed by atoms with Gasteiger partial charge in [-0.25, -0.2) is 18.0 Å². The first-order chi connectivity index (χ1) is 14.3. The minimum Gasteiger partial charge on any atom is -0.450 e. The fourth-order valence-electron chi connectivity index (χ4n) is 2.98. The quantitative estimate of drug-likeness (QED) is 0.540. The van der Waals surface area contributed by atoms with Crippen molar-refractivity contribution < 1.29 is 17.9 Å². The van der Waals surface area contributed by atoms with Crippen molar-refractivity contribution in [2.45, 2.75) is 20.4 Å². The number of aryl methyl sites for hydroxylation is 2. The van der Waals surface area contributed by atoms with Gasteiger partial charge in [-0.2, -0.15) is 14.9 Å². The monoisotopic (exact) mass is 415 g/mol. The van der Waals surface area contributed by atoms with Crippen LogP contribution >= 0.6 is 0 Å². The second kappa shape index (κ2) is 7.54. The molecule has 10 heteroatoms. The number of nitrogens with zero attached hydrogens (tertiary/aromatic N) is 4. The van der Waals surface area contributed by atoms with E-state index < -0.39 is 23.1 Å². The molecule has 0 aliphatic carbocycles. The molecule has 154 valence electrons. The number of aromatic nitrogens is 5. The highest BCUT2D eigenvalue weighted by atomic mass is 19.1. The van der Waals surface area contributed by atoms with E-state index in [0.717, 1.165) is 33.8 Å². The van der Waals surface area contributed by atoms with Crippen molar-refractivity contribution in [3.63, 3.8) is 0 Å². The van der Waals surface area contributed by atoms with E-state index in [1.54, 1.807) is 13.8 Å². The molecule has 4 aromatic rings. The van der Waals surface area contributed by atoms with Crippen LogP contribution in [0, 0.1) is 31.3 Å². The van der Waals surface area contributed by atoms with Gasteiger partial charge in [0.15, 0.2) is 17.3 Å². The number of rotatable bonds is 5. The van der Waals surface area contributed by atoms with Crippen LogP contribution in [0.5, 0.6) is 11.5 Å². The summed E-state index contributed by atoms with van der Waals surface area (Å²) in [6.45, 7) is 3.11. The van der Waals surface area contributed by atoms with Crippen LogP contribution in [-0.2, 0) is 6.54 Å². The van der Waals surface area contributed by atoms with Crippen LogP contribution in [0.1, 0.15) is 17.0 Å². The van der Waals surface area contributed by atoms with Crippen LogP contribution in [0.4, 0.5) is 13.2 Å². The Hall–Kier alpha value is -3.82. The Bertz CT molecular complexity index is 1250. The van der Waals surface area contributed by atoms with E-state index >= 15 is 0 Å². The molecule has 0 fully saturated rings. The Morgan fingerprint density at radius 3 is 2.43 bits per heavy atom. The first-order valence-corrected chi connectivity index (χ1v) is 8.92. The lowest BCUT2D eigenvalue weighted by atomic mass is 10.2. The number of aromatic amines is 1. The average Bonchev–Trinajstić information content (AvgIpc) is 3.23. The molecule has 30 heavy (non-hydrogen) atoms. The smallest absolute Gasteiger partial charge is 0.350 e. The number of H-pyrrole nitrogens is 1. The molecule has 2 heterocycles. The number of benzene rings is 2. The molecule has 0 saturated carbocycles. The molecule has 4 rings (SSSR count). The average molecular weight is 415 g/mol. The Morgan fingerprint density at radius 1 is 1.07 bits per heavy atom. The fourth-order valence-corrected chi connectivity index (χ4v) is 2.98. The van der Waals surface area contributed by atoms with Crippen LogP contribution in [0.25, 0.3) is 5.69 Å². The van der Waals surface area contributed by atoms with E-state index in [9.17, 15) is 18.0 Å². The first kappa shape index (κ1) is 19.5. The highest BCUT2D eigenvalue weighted by molar-refractivity contribution is 5.42. The predicted molar refractivity (Wildman–Crippen MR) is 101 cm³/mol. The zero-order chi connectivity index (χ0) is 21.4. The molecule has 0 amide bonds. The van der Waals surface area contributed by atoms with Gasteiger partial charge in [0, 0.05) is 11.6 Å². The lowest BCUT2D eigenvalue weighted by Gasteiger charge is -2.08. The van der Waals surface area contributed by atoms with Gasteiger partial charge in [-0.3, -0.25) is 9.67 Å². The summed E-state index contributed by atoms with van der Waals surface area (Å²) < 4.78 is 49.8. The molecule has 0 atom stereocenters. The number of hydrogen-bond donors (Lipinski definition) is 1. The van der Waals surface area contributed by atoms with Gasteiger partial charge in [-0.1, -0.05) is 6.07 Å². The lowest BCUT2D eigenvalue weighted by molar-refractivity contribution is 0.436. The molecule has 0 bridgehead atoms. The standard InChI is InChI=1S/C20H16F3N5O2/c1-11-19(12(2)26-25-11)30-18-7-6-13(8-17(18)23)28-20(29)27(10-24-28)9-14-15(21)4-3-5-16(14)22/h3-8,10H,9H2,1-2H3,(H,25,26). The molecule has 0 radical (unpaired) electrons. The molecule has 0 aliphatic heterocycles. The van der Waals surface area contributed by atoms with Crippen molar-refractivity contribution in [3.8, 4) is 17.2 Å². The van der Waals surface area contributed by atoms with Crippen LogP contribution in [0.2, 0.25) is 0 Å². The fraction of sp³-hybridized carbons (Fsp3) is 0.150. The molecule has 2 aromatic carbocycles. The Balaban J connectivity index is 1.62. The maximum absolute atomic E-state index is 14.6. The third-order valence-corrected chi connectivity index (χ3v) is 4.56. The minimum absolute atomic E-state index is 0.0488. The van der Waals surface area contributed by atoms with Crippen molar-refractivity contribution in [2.75, 3.05) is 0 Å². The summed E-state index contributed by atoms with van der Waals surface area (Å²) in [5, 5.41) is 10.6. The number of ether oxygens (including phenoxy) is 1. The summed E-state index contributed by atoms with van der Waals surface area (Å²) in [5.41, 5.74) is 0.419. The SMILES string of the molecule is Cc1n[nH]c(C)c1Oc1ccc(-n2ncn(Cc3c(F)cccc3F)c2=O)cc1F. The van der Waals surface area contributed by atoms with Gasteiger partial charge >= 0.3 is 5.69 Å². The summed E-state index contributed by atoms with van der Waals surface area (Å²) in [7, 11) is 0. The zero-order valence-corrected chi connectivity index (χ0v) is 16.0. The molecular formula is C20H16F3N5O2. The molecule has 7 nitrogen and oxygen atoms in total. The van der Waals surface area contributed by atoms with Gasteiger partial charge in [0.2, 0.25) is 0 Å². The number of halogens is 3. The molecule has 0 saturated heterocycles. The Kier molecular flexibility index (Phi) is 4.90. The predicted octanol–water partition coefficient (Wildman–Crippen LogP) is 3.63. The largest absolute Gasteiger partial charge is 0.450 e. The van der Waals surface area contributed by atoms with Gasteiger partial charge in [-0.15, -0.1) is 0 Å². The summed E-state index contributed by atoms with van der Waals surface area (Å²) in [6.07, 6.45) is 1.13. The van der Waals surface area contributed by atoms with Crippen LogP contribution in [-0.4, -0.2) is 24.5 Å². The van der Waals surface area contributed by atoms with Crippen molar-refractivity contribution >= 4 is 0 Å². The van der Waals surface area contributed by atoms with Gasteiger partial charge < -0.3 is 4.74 Å². The van der Waals surface area contributed by atoms with Crippen molar-refractivity contribution in [2.24, 2.45) is 0 Å². The Labute approximate surface area is 168 Å². The van der Waals surface area contributed by atoms with E-state index in [0.29, 0.717) is 17.1 Å². The second-order valence-electron chi connectivity index (χ2n) is 6.63. The third kappa shape index (κ3) is 3.47. The maximum Gasteiger partial charge on any atom is 0.350 e. The van der Waals surface area contributed by atoms with Crippen molar-refractivity contribution in [3.05, 3.63) is 87.6 Å². The van der Waals surface area contributed by atoms with Gasteiger partial charge in [-0.05, 0) is 38.1 Å². The van der Waals surface area contributed by atoms with Gasteiger partial charge in [0.05, 0.1) is 17.9 Å². The van der Waals surface area contributed by atoms with Crippen LogP contribution < -0.4 is 10.4 Å². The highest BCUT2D eigenvalue weighted by Crippen LogP contribution is 2.29. The maximum atomic E-state index is 14.6. The van der Waals surface area contributed by atoms with E-state index in [-0.39, 0.29) is 23.5 Å². The van der Waals surface area contributed by atoms with Crippen LogP contribution in [0.3, 0.4) is 0 Å². The summed E-state index contributed by atoms with van der Waals surface area (Å²) in [5.74, 6) is -1.89. The van der Waals surface area contributed by atoms with E-state index in [1.807, 2.05) is 0 Å². The molecule has 0 unspecified atom stereocenters. The minimum atomic E-state index is -0.771. The summed E-state index contributed by atoms with van der Waals surface area (Å²) in [4.78, 5) is 12.6. The van der Waals surface area contributed by atoms with E-state index in [2.05, 4.69) is 15.3 Å². The van der Waals surface area contributed by atoms with Crippen LogP contribution in [0.15, 0.2) is 47.5 Å².